The number of carbonyl (C=O) groups is 1. The van der Waals surface area contributed by atoms with Gasteiger partial charge in [-0.05, 0) is 42.8 Å². The van der Waals surface area contributed by atoms with Gasteiger partial charge in [0.05, 0.1) is 24.2 Å². The molecule has 0 spiro atoms. The second kappa shape index (κ2) is 5.93. The molecule has 1 unspecified atom stereocenters. The summed E-state index contributed by atoms with van der Waals surface area (Å²) in [7, 11) is 1.63. The fourth-order valence-corrected chi connectivity index (χ4v) is 2.57. The van der Waals surface area contributed by atoms with Gasteiger partial charge >= 0.3 is 0 Å². The van der Waals surface area contributed by atoms with Crippen molar-refractivity contribution in [2.45, 2.75) is 12.8 Å². The number of hydrogen-bond donors (Lipinski definition) is 0. The van der Waals surface area contributed by atoms with E-state index in [9.17, 15) is 4.79 Å². The van der Waals surface area contributed by atoms with Crippen LogP contribution in [-0.4, -0.2) is 23.4 Å². The molecule has 0 N–H and O–H groups in total. The van der Waals surface area contributed by atoms with Crippen LogP contribution in [0.5, 0.6) is 5.75 Å². The topological polar surface area (TPSA) is 52.1 Å². The maximum absolute atomic E-state index is 11.6. The number of fused-ring (bicyclic) bond motifs is 1. The van der Waals surface area contributed by atoms with Gasteiger partial charge in [0, 0.05) is 17.3 Å². The minimum Gasteiger partial charge on any atom is -0.496 e. The highest BCUT2D eigenvalue weighted by molar-refractivity contribution is 5.86. The largest absolute Gasteiger partial charge is 0.496 e. The molecule has 0 saturated carbocycles. The third-order valence-electron chi connectivity index (χ3n) is 3.67. The van der Waals surface area contributed by atoms with Gasteiger partial charge in [0.25, 0.3) is 0 Å². The Labute approximate surface area is 128 Å². The molecule has 4 heteroatoms. The van der Waals surface area contributed by atoms with Crippen molar-refractivity contribution in [1.29, 1.82) is 0 Å². The molecular weight excluding hydrogens is 276 g/mol. The van der Waals surface area contributed by atoms with Crippen LogP contribution in [0, 0.1) is 6.92 Å². The smallest absolute Gasteiger partial charge is 0.133 e. The van der Waals surface area contributed by atoms with Crippen LogP contribution in [0.4, 0.5) is 0 Å². The van der Waals surface area contributed by atoms with Gasteiger partial charge in [-0.25, -0.2) is 0 Å². The molecule has 0 fully saturated rings. The normalized spacial score (nSPS) is 12.1. The molecule has 4 nitrogen and oxygen atoms in total. The van der Waals surface area contributed by atoms with Gasteiger partial charge in [-0.1, -0.05) is 12.1 Å². The number of carbonyl (C=O) groups excluding carboxylic acids is 1. The molecule has 3 aromatic rings. The van der Waals surface area contributed by atoms with Crippen molar-refractivity contribution in [2.24, 2.45) is 0 Å². The van der Waals surface area contributed by atoms with E-state index in [0.29, 0.717) is 0 Å². The Morgan fingerprint density at radius 2 is 2.05 bits per heavy atom. The van der Waals surface area contributed by atoms with Gasteiger partial charge in [0.15, 0.2) is 0 Å². The lowest BCUT2D eigenvalue weighted by Gasteiger charge is -2.13. The summed E-state index contributed by atoms with van der Waals surface area (Å²) in [6, 6.07) is 13.3. The van der Waals surface area contributed by atoms with Crippen molar-refractivity contribution >= 4 is 17.2 Å². The summed E-state index contributed by atoms with van der Waals surface area (Å²) < 4.78 is 5.38. The first-order chi connectivity index (χ1) is 10.7. The number of benzene rings is 1. The molecular formula is C18H16N2O2. The molecule has 2 heterocycles. The number of aryl methyl sites for hydroxylation is 1. The Morgan fingerprint density at radius 1 is 1.18 bits per heavy atom. The Hall–Kier alpha value is -2.75. The average Bonchev–Trinajstić information content (AvgIpc) is 2.55. The predicted molar refractivity (Wildman–Crippen MR) is 85.2 cm³/mol. The SMILES string of the molecule is COc1ccnc2ccc(C(C=O)c3cccc(C)n3)cc12. The van der Waals surface area contributed by atoms with Crippen molar-refractivity contribution in [2.75, 3.05) is 7.11 Å². The molecule has 3 rings (SSSR count). The van der Waals surface area contributed by atoms with E-state index in [1.54, 1.807) is 13.3 Å². The Kier molecular flexibility index (Phi) is 3.83. The second-order valence-corrected chi connectivity index (χ2v) is 5.11. The quantitative estimate of drug-likeness (QED) is 0.692. The number of rotatable bonds is 4. The lowest BCUT2D eigenvalue weighted by molar-refractivity contribution is -0.108. The molecule has 0 radical (unpaired) electrons. The van der Waals surface area contributed by atoms with E-state index in [4.69, 9.17) is 4.74 Å². The van der Waals surface area contributed by atoms with Crippen LogP contribution >= 0.6 is 0 Å². The van der Waals surface area contributed by atoms with E-state index in [-0.39, 0.29) is 0 Å². The molecule has 0 saturated heterocycles. The summed E-state index contributed by atoms with van der Waals surface area (Å²) in [6.45, 7) is 1.92. The summed E-state index contributed by atoms with van der Waals surface area (Å²) >= 11 is 0. The fourth-order valence-electron chi connectivity index (χ4n) is 2.57. The van der Waals surface area contributed by atoms with Gasteiger partial charge < -0.3 is 9.53 Å². The molecule has 1 atom stereocenters. The standard InChI is InChI=1S/C18H16N2O2/c1-12-4-3-5-17(20-12)15(11-21)13-6-7-16-14(10-13)18(22-2)8-9-19-16/h3-11,15H,1-2H3. The van der Waals surface area contributed by atoms with Gasteiger partial charge in [-0.2, -0.15) is 0 Å². The van der Waals surface area contributed by atoms with E-state index in [2.05, 4.69) is 9.97 Å². The highest BCUT2D eigenvalue weighted by Gasteiger charge is 2.16. The van der Waals surface area contributed by atoms with Crippen molar-refractivity contribution in [3.05, 3.63) is 65.6 Å². The number of pyridine rings is 2. The third kappa shape index (κ3) is 2.55. The predicted octanol–water partition coefficient (Wildman–Crippen LogP) is 3.28. The lowest BCUT2D eigenvalue weighted by atomic mass is 9.95. The van der Waals surface area contributed by atoms with E-state index < -0.39 is 5.92 Å². The number of hydrogen-bond acceptors (Lipinski definition) is 4. The van der Waals surface area contributed by atoms with Crippen LogP contribution in [0.25, 0.3) is 10.9 Å². The van der Waals surface area contributed by atoms with E-state index >= 15 is 0 Å². The highest BCUT2D eigenvalue weighted by Crippen LogP contribution is 2.29. The summed E-state index contributed by atoms with van der Waals surface area (Å²) in [5.74, 6) is 0.350. The second-order valence-electron chi connectivity index (χ2n) is 5.11. The zero-order chi connectivity index (χ0) is 15.5. The number of ether oxygens (including phenoxy) is 1. The van der Waals surface area contributed by atoms with Crippen LogP contribution in [0.15, 0.2) is 48.7 Å². The molecule has 22 heavy (non-hydrogen) atoms. The number of aldehydes is 1. The summed E-state index contributed by atoms with van der Waals surface area (Å²) in [6.07, 6.45) is 2.63. The van der Waals surface area contributed by atoms with Crippen LogP contribution in [0.1, 0.15) is 22.9 Å². The minimum atomic E-state index is -0.394. The molecule has 2 aromatic heterocycles. The maximum atomic E-state index is 11.6. The Morgan fingerprint density at radius 3 is 2.77 bits per heavy atom. The van der Waals surface area contributed by atoms with Crippen molar-refractivity contribution in [1.82, 2.24) is 9.97 Å². The minimum absolute atomic E-state index is 0.394. The fraction of sp³-hybridized carbons (Fsp3) is 0.167. The maximum Gasteiger partial charge on any atom is 0.133 e. The Bertz CT molecular complexity index is 830. The zero-order valence-corrected chi connectivity index (χ0v) is 12.5. The first-order valence-electron chi connectivity index (χ1n) is 7.04. The molecule has 0 aliphatic heterocycles. The highest BCUT2D eigenvalue weighted by atomic mass is 16.5. The van der Waals surface area contributed by atoms with Crippen LogP contribution < -0.4 is 4.74 Å². The summed E-state index contributed by atoms with van der Waals surface area (Å²) in [4.78, 5) is 20.4. The first kappa shape index (κ1) is 14.2. The van der Waals surface area contributed by atoms with Crippen LogP contribution in [0.3, 0.4) is 0 Å². The monoisotopic (exact) mass is 292 g/mol. The average molecular weight is 292 g/mol. The third-order valence-corrected chi connectivity index (χ3v) is 3.67. The van der Waals surface area contributed by atoms with Crippen molar-refractivity contribution in [3.8, 4) is 5.75 Å². The van der Waals surface area contributed by atoms with E-state index in [1.807, 2.05) is 49.4 Å². The number of nitrogens with zero attached hydrogens (tertiary/aromatic N) is 2. The molecule has 0 bridgehead atoms. The van der Waals surface area contributed by atoms with Crippen molar-refractivity contribution in [3.63, 3.8) is 0 Å². The molecule has 0 amide bonds. The summed E-state index contributed by atoms with van der Waals surface area (Å²) in [5.41, 5.74) is 3.36. The number of methoxy groups -OCH3 is 1. The van der Waals surface area contributed by atoms with E-state index in [1.165, 1.54) is 0 Å². The first-order valence-corrected chi connectivity index (χ1v) is 7.04. The Balaban J connectivity index is 2.13. The number of aromatic nitrogens is 2. The zero-order valence-electron chi connectivity index (χ0n) is 12.5. The molecule has 1 aromatic carbocycles. The molecule has 0 aliphatic carbocycles. The van der Waals surface area contributed by atoms with Crippen molar-refractivity contribution < 1.29 is 9.53 Å². The van der Waals surface area contributed by atoms with Crippen LogP contribution in [0.2, 0.25) is 0 Å². The van der Waals surface area contributed by atoms with Gasteiger partial charge in [0.2, 0.25) is 0 Å². The van der Waals surface area contributed by atoms with Gasteiger partial charge in [-0.15, -0.1) is 0 Å². The molecule has 110 valence electrons. The summed E-state index contributed by atoms with van der Waals surface area (Å²) in [5, 5.41) is 0.891. The van der Waals surface area contributed by atoms with Gasteiger partial charge in [0.1, 0.15) is 12.0 Å². The van der Waals surface area contributed by atoms with Gasteiger partial charge in [-0.3, -0.25) is 9.97 Å². The van der Waals surface area contributed by atoms with E-state index in [0.717, 1.165) is 39.9 Å². The molecule has 0 aliphatic rings. The van der Waals surface area contributed by atoms with Crippen LogP contribution in [-0.2, 0) is 4.79 Å². The lowest BCUT2D eigenvalue weighted by Crippen LogP contribution is -2.05.